The van der Waals surface area contributed by atoms with Crippen molar-refractivity contribution in [3.8, 4) is 0 Å². The minimum Gasteiger partial charge on any atom is -0.462 e. The van der Waals surface area contributed by atoms with Crippen LogP contribution in [0.15, 0.2) is 42.6 Å². The maximum absolute atomic E-state index is 12.0. The van der Waals surface area contributed by atoms with Crippen LogP contribution in [-0.2, 0) is 4.74 Å². The summed E-state index contributed by atoms with van der Waals surface area (Å²) < 4.78 is 4.88. The van der Waals surface area contributed by atoms with Gasteiger partial charge in [0, 0.05) is 11.9 Å². The van der Waals surface area contributed by atoms with Gasteiger partial charge in [0.1, 0.15) is 5.15 Å². The molecule has 1 aromatic carbocycles. The van der Waals surface area contributed by atoms with E-state index in [0.717, 1.165) is 0 Å². The highest BCUT2D eigenvalue weighted by atomic mass is 35.5. The standard InChI is InChI=1S/C15H13ClN2O3/c1-2-21-15(20)10-3-6-12(7-4-10)18-14(19)11-5-8-13(16)17-9-11/h3-9H,2H2,1H3,(H,18,19). The Morgan fingerprint density at radius 1 is 1.14 bits per heavy atom. The molecule has 0 saturated carbocycles. The van der Waals surface area contributed by atoms with E-state index in [1.54, 1.807) is 43.3 Å². The number of aromatic nitrogens is 1. The van der Waals surface area contributed by atoms with Crippen molar-refractivity contribution in [1.82, 2.24) is 4.98 Å². The number of halogens is 1. The molecule has 0 aliphatic carbocycles. The number of anilines is 1. The summed E-state index contributed by atoms with van der Waals surface area (Å²) in [5.74, 6) is -0.694. The molecular weight excluding hydrogens is 292 g/mol. The second kappa shape index (κ2) is 6.85. The molecule has 0 aliphatic rings. The monoisotopic (exact) mass is 304 g/mol. The molecule has 0 unspecified atom stereocenters. The highest BCUT2D eigenvalue weighted by Crippen LogP contribution is 2.13. The van der Waals surface area contributed by atoms with Gasteiger partial charge in [-0.25, -0.2) is 9.78 Å². The number of amides is 1. The van der Waals surface area contributed by atoms with E-state index in [0.29, 0.717) is 28.6 Å². The largest absolute Gasteiger partial charge is 0.462 e. The highest BCUT2D eigenvalue weighted by molar-refractivity contribution is 6.29. The maximum atomic E-state index is 12.0. The molecule has 2 aromatic rings. The third-order valence-electron chi connectivity index (χ3n) is 2.64. The van der Waals surface area contributed by atoms with Gasteiger partial charge < -0.3 is 10.1 Å². The summed E-state index contributed by atoms with van der Waals surface area (Å²) in [6.45, 7) is 2.06. The molecule has 0 fully saturated rings. The third-order valence-corrected chi connectivity index (χ3v) is 2.87. The summed E-state index contributed by atoms with van der Waals surface area (Å²) in [5, 5.41) is 3.03. The number of rotatable bonds is 4. The van der Waals surface area contributed by atoms with Crippen LogP contribution in [0.3, 0.4) is 0 Å². The Kier molecular flexibility index (Phi) is 4.90. The van der Waals surface area contributed by atoms with Crippen LogP contribution in [0.1, 0.15) is 27.6 Å². The number of pyridine rings is 1. The second-order valence-electron chi connectivity index (χ2n) is 4.12. The summed E-state index contributed by atoms with van der Waals surface area (Å²) >= 11 is 5.66. The van der Waals surface area contributed by atoms with E-state index in [-0.39, 0.29) is 5.91 Å². The van der Waals surface area contributed by atoms with Crippen molar-refractivity contribution in [2.45, 2.75) is 6.92 Å². The SMILES string of the molecule is CCOC(=O)c1ccc(NC(=O)c2ccc(Cl)nc2)cc1. The minimum atomic E-state index is -0.391. The van der Waals surface area contributed by atoms with Gasteiger partial charge in [-0.15, -0.1) is 0 Å². The highest BCUT2D eigenvalue weighted by Gasteiger charge is 2.09. The molecule has 0 aliphatic heterocycles. The predicted molar refractivity (Wildman–Crippen MR) is 79.6 cm³/mol. The second-order valence-corrected chi connectivity index (χ2v) is 4.51. The van der Waals surface area contributed by atoms with Crippen LogP contribution in [0.5, 0.6) is 0 Å². The Hall–Kier alpha value is -2.40. The first-order chi connectivity index (χ1) is 10.1. The predicted octanol–water partition coefficient (Wildman–Crippen LogP) is 3.16. The number of carbonyl (C=O) groups is 2. The fourth-order valence-electron chi connectivity index (χ4n) is 1.62. The number of hydrogen-bond donors (Lipinski definition) is 1. The van der Waals surface area contributed by atoms with E-state index >= 15 is 0 Å². The molecule has 0 spiro atoms. The Morgan fingerprint density at radius 2 is 1.81 bits per heavy atom. The molecule has 108 valence electrons. The average molecular weight is 305 g/mol. The Balaban J connectivity index is 2.04. The van der Waals surface area contributed by atoms with E-state index in [9.17, 15) is 9.59 Å². The van der Waals surface area contributed by atoms with E-state index in [4.69, 9.17) is 16.3 Å². The zero-order valence-electron chi connectivity index (χ0n) is 11.3. The molecule has 0 bridgehead atoms. The fraction of sp³-hybridized carbons (Fsp3) is 0.133. The van der Waals surface area contributed by atoms with Gasteiger partial charge in [0.05, 0.1) is 17.7 Å². The topological polar surface area (TPSA) is 68.3 Å². The molecule has 0 saturated heterocycles. The fourth-order valence-corrected chi connectivity index (χ4v) is 1.73. The average Bonchev–Trinajstić information content (AvgIpc) is 2.49. The van der Waals surface area contributed by atoms with Crippen molar-refractivity contribution in [3.05, 3.63) is 58.9 Å². The van der Waals surface area contributed by atoms with Gasteiger partial charge in [-0.2, -0.15) is 0 Å². The summed E-state index contributed by atoms with van der Waals surface area (Å²) in [7, 11) is 0. The lowest BCUT2D eigenvalue weighted by Gasteiger charge is -2.06. The van der Waals surface area contributed by atoms with Crippen molar-refractivity contribution >= 4 is 29.2 Å². The number of benzene rings is 1. The summed E-state index contributed by atoms with van der Waals surface area (Å²) in [6, 6.07) is 9.57. The Morgan fingerprint density at radius 3 is 2.38 bits per heavy atom. The molecular formula is C15H13ClN2O3. The normalized spacial score (nSPS) is 10.0. The smallest absolute Gasteiger partial charge is 0.338 e. The van der Waals surface area contributed by atoms with Crippen LogP contribution in [-0.4, -0.2) is 23.5 Å². The lowest BCUT2D eigenvalue weighted by molar-refractivity contribution is 0.0526. The van der Waals surface area contributed by atoms with E-state index < -0.39 is 5.97 Å². The maximum Gasteiger partial charge on any atom is 0.338 e. The quantitative estimate of drug-likeness (QED) is 0.696. The molecule has 1 heterocycles. The molecule has 0 radical (unpaired) electrons. The van der Waals surface area contributed by atoms with Crippen molar-refractivity contribution in [2.24, 2.45) is 0 Å². The zero-order chi connectivity index (χ0) is 15.2. The summed E-state index contributed by atoms with van der Waals surface area (Å²) in [6.07, 6.45) is 1.39. The molecule has 2 rings (SSSR count). The molecule has 1 N–H and O–H groups in total. The van der Waals surface area contributed by atoms with Gasteiger partial charge >= 0.3 is 5.97 Å². The molecule has 5 nitrogen and oxygen atoms in total. The van der Waals surface area contributed by atoms with Gasteiger partial charge in [-0.3, -0.25) is 4.79 Å². The molecule has 21 heavy (non-hydrogen) atoms. The lowest BCUT2D eigenvalue weighted by atomic mass is 10.2. The van der Waals surface area contributed by atoms with Crippen molar-refractivity contribution < 1.29 is 14.3 Å². The van der Waals surface area contributed by atoms with E-state index in [1.807, 2.05) is 0 Å². The van der Waals surface area contributed by atoms with Crippen LogP contribution in [0.4, 0.5) is 5.69 Å². The van der Waals surface area contributed by atoms with Crippen molar-refractivity contribution in [2.75, 3.05) is 11.9 Å². The minimum absolute atomic E-state index is 0.303. The molecule has 1 aromatic heterocycles. The first kappa shape index (κ1) is 15.0. The zero-order valence-corrected chi connectivity index (χ0v) is 12.1. The first-order valence-corrected chi connectivity index (χ1v) is 6.68. The van der Waals surface area contributed by atoms with Crippen molar-refractivity contribution in [3.63, 3.8) is 0 Å². The number of nitrogens with one attached hydrogen (secondary N) is 1. The van der Waals surface area contributed by atoms with Crippen LogP contribution in [0.25, 0.3) is 0 Å². The van der Waals surface area contributed by atoms with Crippen molar-refractivity contribution in [1.29, 1.82) is 0 Å². The van der Waals surface area contributed by atoms with Crippen LogP contribution < -0.4 is 5.32 Å². The first-order valence-electron chi connectivity index (χ1n) is 6.30. The molecule has 1 amide bonds. The van der Waals surface area contributed by atoms with Gasteiger partial charge in [0.25, 0.3) is 5.91 Å². The summed E-state index contributed by atoms with van der Waals surface area (Å²) in [4.78, 5) is 27.3. The number of esters is 1. The van der Waals surface area contributed by atoms with Crippen LogP contribution in [0.2, 0.25) is 5.15 Å². The summed E-state index contributed by atoms with van der Waals surface area (Å²) in [5.41, 5.74) is 1.40. The lowest BCUT2D eigenvalue weighted by Crippen LogP contribution is -2.12. The molecule has 0 atom stereocenters. The van der Waals surface area contributed by atoms with E-state index in [2.05, 4.69) is 10.3 Å². The van der Waals surface area contributed by atoms with Gasteiger partial charge in [0.15, 0.2) is 0 Å². The Bertz CT molecular complexity index is 639. The van der Waals surface area contributed by atoms with E-state index in [1.165, 1.54) is 6.20 Å². The van der Waals surface area contributed by atoms with Crippen LogP contribution >= 0.6 is 11.6 Å². The number of ether oxygens (including phenoxy) is 1. The van der Waals surface area contributed by atoms with Gasteiger partial charge in [-0.1, -0.05) is 11.6 Å². The molecule has 6 heteroatoms. The number of carbonyl (C=O) groups excluding carboxylic acids is 2. The third kappa shape index (κ3) is 4.03. The Labute approximate surface area is 126 Å². The van der Waals surface area contributed by atoms with Crippen LogP contribution in [0, 0.1) is 0 Å². The van der Waals surface area contributed by atoms with Gasteiger partial charge in [-0.05, 0) is 43.3 Å². The number of nitrogens with zero attached hydrogens (tertiary/aromatic N) is 1. The number of hydrogen-bond acceptors (Lipinski definition) is 4. The van der Waals surface area contributed by atoms with Gasteiger partial charge in [0.2, 0.25) is 0 Å².